The van der Waals surface area contributed by atoms with E-state index in [2.05, 4.69) is 37.8 Å². The molecule has 2 aromatic heterocycles. The number of hydrogen-bond acceptors (Lipinski definition) is 5. The standard InChI is InChI=1S/C18H18N4OS/c23-16-14-7-4-8-15(14)21-18(22-16)19-10-9-13-11-24-17(20-13)12-5-2-1-3-6-12/h1-3,5-6,11H,4,7-10H2,(H2,19,21,22,23). The van der Waals surface area contributed by atoms with Crippen molar-refractivity contribution in [1.82, 2.24) is 15.0 Å². The van der Waals surface area contributed by atoms with E-state index < -0.39 is 0 Å². The molecule has 2 N–H and O–H groups in total. The quantitative estimate of drug-likeness (QED) is 0.750. The molecule has 0 atom stereocenters. The Morgan fingerprint density at radius 2 is 2.04 bits per heavy atom. The molecular weight excluding hydrogens is 320 g/mol. The highest BCUT2D eigenvalue weighted by Gasteiger charge is 2.16. The van der Waals surface area contributed by atoms with Gasteiger partial charge in [-0.15, -0.1) is 11.3 Å². The second-order valence-electron chi connectivity index (χ2n) is 5.88. The molecule has 5 nitrogen and oxygen atoms in total. The summed E-state index contributed by atoms with van der Waals surface area (Å²) < 4.78 is 0. The Morgan fingerprint density at radius 3 is 2.92 bits per heavy atom. The summed E-state index contributed by atoms with van der Waals surface area (Å²) in [5.74, 6) is 0.569. The first-order valence-electron chi connectivity index (χ1n) is 8.15. The molecule has 3 aromatic rings. The van der Waals surface area contributed by atoms with Crippen LogP contribution in [-0.4, -0.2) is 21.5 Å². The molecule has 0 aliphatic heterocycles. The van der Waals surface area contributed by atoms with Gasteiger partial charge < -0.3 is 5.32 Å². The van der Waals surface area contributed by atoms with Crippen LogP contribution in [0.5, 0.6) is 0 Å². The summed E-state index contributed by atoms with van der Waals surface area (Å²) in [7, 11) is 0. The van der Waals surface area contributed by atoms with Crippen molar-refractivity contribution in [3.63, 3.8) is 0 Å². The van der Waals surface area contributed by atoms with Gasteiger partial charge in [-0.3, -0.25) is 9.78 Å². The highest BCUT2D eigenvalue weighted by molar-refractivity contribution is 7.13. The second-order valence-corrected chi connectivity index (χ2v) is 6.74. The third-order valence-electron chi connectivity index (χ3n) is 4.19. The first-order valence-corrected chi connectivity index (χ1v) is 9.03. The molecule has 4 rings (SSSR count). The van der Waals surface area contributed by atoms with Crippen molar-refractivity contribution in [2.45, 2.75) is 25.7 Å². The van der Waals surface area contributed by atoms with E-state index in [1.165, 1.54) is 0 Å². The van der Waals surface area contributed by atoms with Crippen molar-refractivity contribution in [3.05, 3.63) is 63.0 Å². The Hall–Kier alpha value is -2.47. The van der Waals surface area contributed by atoms with Gasteiger partial charge in [0.2, 0.25) is 5.95 Å². The molecular formula is C18H18N4OS. The number of hydrogen-bond donors (Lipinski definition) is 2. The summed E-state index contributed by atoms with van der Waals surface area (Å²) in [4.78, 5) is 24.0. The molecule has 122 valence electrons. The van der Waals surface area contributed by atoms with E-state index in [1.807, 2.05) is 18.2 Å². The van der Waals surface area contributed by atoms with Gasteiger partial charge in [0.05, 0.1) is 11.4 Å². The van der Waals surface area contributed by atoms with Gasteiger partial charge in [0.15, 0.2) is 0 Å². The molecule has 6 heteroatoms. The number of aryl methyl sites for hydroxylation is 1. The maximum Gasteiger partial charge on any atom is 0.255 e. The number of thiazole rings is 1. The summed E-state index contributed by atoms with van der Waals surface area (Å²) in [6.07, 6.45) is 3.57. The molecule has 1 aromatic carbocycles. The van der Waals surface area contributed by atoms with E-state index in [-0.39, 0.29) is 5.56 Å². The van der Waals surface area contributed by atoms with Crippen LogP contribution in [-0.2, 0) is 19.3 Å². The number of H-pyrrole nitrogens is 1. The van der Waals surface area contributed by atoms with Crippen LogP contribution >= 0.6 is 11.3 Å². The SMILES string of the molecule is O=c1[nH]c(NCCc2csc(-c3ccccc3)n2)nc2c1CCC2. The summed E-state index contributed by atoms with van der Waals surface area (Å²) in [5.41, 5.74) is 4.00. The van der Waals surface area contributed by atoms with Crippen molar-refractivity contribution >= 4 is 17.3 Å². The molecule has 0 unspecified atom stereocenters. The minimum atomic E-state index is 0.0000205. The number of anilines is 1. The van der Waals surface area contributed by atoms with Gasteiger partial charge in [0, 0.05) is 29.5 Å². The summed E-state index contributed by atoms with van der Waals surface area (Å²) in [6, 6.07) is 10.2. The highest BCUT2D eigenvalue weighted by Crippen LogP contribution is 2.23. The van der Waals surface area contributed by atoms with Crippen molar-refractivity contribution in [3.8, 4) is 10.6 Å². The molecule has 2 heterocycles. The first-order chi connectivity index (χ1) is 11.8. The Bertz CT molecular complexity index is 901. The molecule has 24 heavy (non-hydrogen) atoms. The van der Waals surface area contributed by atoms with Crippen LogP contribution in [0, 0.1) is 0 Å². The molecule has 0 saturated heterocycles. The lowest BCUT2D eigenvalue weighted by Crippen LogP contribution is -2.18. The summed E-state index contributed by atoms with van der Waals surface area (Å²) in [5, 5.41) is 6.33. The minimum Gasteiger partial charge on any atom is -0.355 e. The lowest BCUT2D eigenvalue weighted by atomic mass is 10.2. The van der Waals surface area contributed by atoms with Gasteiger partial charge in [-0.1, -0.05) is 30.3 Å². The van der Waals surface area contributed by atoms with Gasteiger partial charge in [-0.2, -0.15) is 0 Å². The predicted octanol–water partition coefficient (Wildman–Crippen LogP) is 3.04. The molecule has 0 radical (unpaired) electrons. The fourth-order valence-electron chi connectivity index (χ4n) is 2.97. The van der Waals surface area contributed by atoms with Crippen LogP contribution < -0.4 is 10.9 Å². The molecule has 0 fully saturated rings. The van der Waals surface area contributed by atoms with Gasteiger partial charge >= 0.3 is 0 Å². The average Bonchev–Trinajstić information content (AvgIpc) is 3.25. The lowest BCUT2D eigenvalue weighted by molar-refractivity contribution is 0.896. The van der Waals surface area contributed by atoms with Crippen LogP contribution in [0.1, 0.15) is 23.4 Å². The van der Waals surface area contributed by atoms with Crippen molar-refractivity contribution in [1.29, 1.82) is 0 Å². The van der Waals surface area contributed by atoms with Crippen molar-refractivity contribution in [2.75, 3.05) is 11.9 Å². The maximum atomic E-state index is 12.0. The number of aromatic nitrogens is 3. The smallest absolute Gasteiger partial charge is 0.255 e. The number of aromatic amines is 1. The molecule has 1 aliphatic carbocycles. The van der Waals surface area contributed by atoms with E-state index in [4.69, 9.17) is 0 Å². The van der Waals surface area contributed by atoms with Gasteiger partial charge in [0.1, 0.15) is 5.01 Å². The van der Waals surface area contributed by atoms with E-state index in [9.17, 15) is 4.79 Å². The second kappa shape index (κ2) is 6.57. The van der Waals surface area contributed by atoms with Crippen LogP contribution in [0.4, 0.5) is 5.95 Å². The summed E-state index contributed by atoms with van der Waals surface area (Å²) in [6.45, 7) is 0.694. The van der Waals surface area contributed by atoms with Gasteiger partial charge in [0.25, 0.3) is 5.56 Å². The number of rotatable bonds is 5. The van der Waals surface area contributed by atoms with Crippen molar-refractivity contribution < 1.29 is 0 Å². The summed E-state index contributed by atoms with van der Waals surface area (Å²) >= 11 is 1.66. The fourth-order valence-corrected chi connectivity index (χ4v) is 3.83. The zero-order valence-corrected chi connectivity index (χ0v) is 14.0. The zero-order chi connectivity index (χ0) is 16.4. The monoisotopic (exact) mass is 338 g/mol. The van der Waals surface area contributed by atoms with Crippen LogP contribution in [0.2, 0.25) is 0 Å². The minimum absolute atomic E-state index is 0.0000205. The third kappa shape index (κ3) is 3.10. The number of nitrogens with one attached hydrogen (secondary N) is 2. The van der Waals surface area contributed by atoms with E-state index >= 15 is 0 Å². The van der Waals surface area contributed by atoms with Gasteiger partial charge in [-0.05, 0) is 19.3 Å². The Balaban J connectivity index is 1.39. The van der Waals surface area contributed by atoms with Crippen LogP contribution in [0.25, 0.3) is 10.6 Å². The maximum absolute atomic E-state index is 12.0. The Labute approximate surface area is 143 Å². The first kappa shape index (κ1) is 15.1. The number of fused-ring (bicyclic) bond motifs is 1. The zero-order valence-electron chi connectivity index (χ0n) is 13.2. The van der Waals surface area contributed by atoms with Crippen LogP contribution in [0.3, 0.4) is 0 Å². The topological polar surface area (TPSA) is 70.7 Å². The molecule has 0 bridgehead atoms. The molecule has 0 spiro atoms. The number of nitrogens with zero attached hydrogens (tertiary/aromatic N) is 2. The van der Waals surface area contributed by atoms with E-state index in [0.717, 1.165) is 53.2 Å². The highest BCUT2D eigenvalue weighted by atomic mass is 32.1. The van der Waals surface area contributed by atoms with Gasteiger partial charge in [-0.25, -0.2) is 9.97 Å². The van der Waals surface area contributed by atoms with E-state index in [0.29, 0.717) is 12.5 Å². The number of benzene rings is 1. The molecule has 1 aliphatic rings. The third-order valence-corrected chi connectivity index (χ3v) is 5.13. The molecule has 0 saturated carbocycles. The Morgan fingerprint density at radius 1 is 1.17 bits per heavy atom. The fraction of sp³-hybridized carbons (Fsp3) is 0.278. The average molecular weight is 338 g/mol. The van der Waals surface area contributed by atoms with Crippen molar-refractivity contribution in [2.24, 2.45) is 0 Å². The van der Waals surface area contributed by atoms with E-state index in [1.54, 1.807) is 11.3 Å². The van der Waals surface area contributed by atoms with Crippen LogP contribution in [0.15, 0.2) is 40.5 Å². The largest absolute Gasteiger partial charge is 0.355 e. The predicted molar refractivity (Wildman–Crippen MR) is 96.6 cm³/mol. The molecule has 0 amide bonds. The normalized spacial score (nSPS) is 13.0. The lowest BCUT2D eigenvalue weighted by Gasteiger charge is -2.06. The Kier molecular flexibility index (Phi) is 4.13.